The lowest BCUT2D eigenvalue weighted by molar-refractivity contribution is -0.127. The molecule has 0 fully saturated rings. The number of carbonyl (C=O) groups is 3. The smallest absolute Gasteiger partial charge is 0.339 e. The average Bonchev–Trinajstić information content (AvgIpc) is 2.50. The molecule has 21 heavy (non-hydrogen) atoms. The highest BCUT2D eigenvalue weighted by atomic mass is 79.9. The van der Waals surface area contributed by atoms with Crippen LogP contribution in [0.4, 0.5) is 0 Å². The van der Waals surface area contributed by atoms with Crippen molar-refractivity contribution in [3.63, 3.8) is 0 Å². The average molecular weight is 359 g/mol. The van der Waals surface area contributed by atoms with E-state index in [-0.39, 0.29) is 18.0 Å². The van der Waals surface area contributed by atoms with E-state index in [1.165, 1.54) is 20.2 Å². The number of benzene rings is 1. The summed E-state index contributed by atoms with van der Waals surface area (Å²) in [5.74, 6) is -1.08. The van der Waals surface area contributed by atoms with Gasteiger partial charge in [-0.2, -0.15) is 0 Å². The Morgan fingerprint density at radius 1 is 1.24 bits per heavy atom. The van der Waals surface area contributed by atoms with E-state index in [0.29, 0.717) is 10.2 Å². The lowest BCUT2D eigenvalue weighted by Gasteiger charge is -2.08. The topological polar surface area (TPSA) is 93.7 Å². The second kappa shape index (κ2) is 8.25. The Kier molecular flexibility index (Phi) is 6.67. The molecule has 1 rings (SSSR count). The van der Waals surface area contributed by atoms with Gasteiger partial charge in [0.1, 0.15) is 5.75 Å². The number of methoxy groups -OCH3 is 1. The molecule has 0 aromatic heterocycles. The van der Waals surface area contributed by atoms with E-state index in [1.807, 2.05) is 0 Å². The van der Waals surface area contributed by atoms with E-state index in [4.69, 9.17) is 9.47 Å². The first kappa shape index (κ1) is 17.0. The summed E-state index contributed by atoms with van der Waals surface area (Å²) in [6.07, 6.45) is 0. The zero-order chi connectivity index (χ0) is 15.8. The third kappa shape index (κ3) is 5.42. The molecule has 0 saturated heterocycles. The van der Waals surface area contributed by atoms with Gasteiger partial charge >= 0.3 is 5.97 Å². The fourth-order valence-electron chi connectivity index (χ4n) is 1.31. The second-order valence-electron chi connectivity index (χ2n) is 3.87. The molecule has 0 atom stereocenters. The first-order valence-corrected chi connectivity index (χ1v) is 6.75. The third-order valence-corrected chi connectivity index (χ3v) is 3.14. The van der Waals surface area contributed by atoms with Gasteiger partial charge in [-0.3, -0.25) is 9.59 Å². The van der Waals surface area contributed by atoms with E-state index < -0.39 is 18.5 Å². The molecular formula is C13H15BrN2O5. The summed E-state index contributed by atoms with van der Waals surface area (Å²) >= 11 is 3.22. The molecule has 1 aromatic carbocycles. The largest absolute Gasteiger partial charge is 0.497 e. The quantitative estimate of drug-likeness (QED) is 0.721. The van der Waals surface area contributed by atoms with Gasteiger partial charge in [0.15, 0.2) is 6.61 Å². The van der Waals surface area contributed by atoms with Gasteiger partial charge in [0, 0.05) is 11.5 Å². The summed E-state index contributed by atoms with van der Waals surface area (Å²) in [4.78, 5) is 34.2. The summed E-state index contributed by atoms with van der Waals surface area (Å²) in [7, 11) is 2.93. The van der Waals surface area contributed by atoms with E-state index in [1.54, 1.807) is 12.1 Å². The van der Waals surface area contributed by atoms with Gasteiger partial charge in [0.2, 0.25) is 5.91 Å². The van der Waals surface area contributed by atoms with Crippen LogP contribution in [0.2, 0.25) is 0 Å². The van der Waals surface area contributed by atoms with Crippen LogP contribution < -0.4 is 15.4 Å². The summed E-state index contributed by atoms with van der Waals surface area (Å²) in [5.41, 5.74) is 0.244. The number of hydrogen-bond donors (Lipinski definition) is 2. The molecule has 0 bridgehead atoms. The zero-order valence-electron chi connectivity index (χ0n) is 11.6. The Morgan fingerprint density at radius 2 is 1.95 bits per heavy atom. The van der Waals surface area contributed by atoms with Crippen molar-refractivity contribution in [1.29, 1.82) is 0 Å². The highest BCUT2D eigenvalue weighted by Gasteiger charge is 2.14. The molecule has 0 aliphatic carbocycles. The van der Waals surface area contributed by atoms with E-state index in [9.17, 15) is 14.4 Å². The highest BCUT2D eigenvalue weighted by Crippen LogP contribution is 2.23. The van der Waals surface area contributed by atoms with E-state index >= 15 is 0 Å². The first-order chi connectivity index (χ1) is 9.97. The number of nitrogens with one attached hydrogen (secondary N) is 2. The SMILES string of the molecule is CNC(=O)CNC(=O)COC(=O)c1cc(OC)ccc1Br. The number of hydrogen-bond acceptors (Lipinski definition) is 5. The van der Waals surface area contributed by atoms with Gasteiger partial charge in [-0.05, 0) is 34.1 Å². The number of rotatable bonds is 6. The number of amides is 2. The van der Waals surface area contributed by atoms with Crippen molar-refractivity contribution in [2.24, 2.45) is 0 Å². The van der Waals surface area contributed by atoms with Crippen molar-refractivity contribution in [1.82, 2.24) is 10.6 Å². The van der Waals surface area contributed by atoms with Crippen molar-refractivity contribution in [2.75, 3.05) is 27.3 Å². The minimum absolute atomic E-state index is 0.171. The number of likely N-dealkylation sites (N-methyl/N-ethyl adjacent to an activating group) is 1. The molecule has 0 radical (unpaired) electrons. The predicted octanol–water partition coefficient (Wildman–Crippen LogP) is 0.477. The maximum absolute atomic E-state index is 11.9. The Labute approximate surface area is 130 Å². The molecule has 2 amide bonds. The van der Waals surface area contributed by atoms with Gasteiger partial charge in [-0.25, -0.2) is 4.79 Å². The predicted molar refractivity (Wildman–Crippen MR) is 78.1 cm³/mol. The molecule has 2 N–H and O–H groups in total. The van der Waals surface area contributed by atoms with E-state index in [0.717, 1.165) is 0 Å². The van der Waals surface area contributed by atoms with Crippen LogP contribution in [0.3, 0.4) is 0 Å². The molecule has 0 unspecified atom stereocenters. The molecule has 8 heteroatoms. The standard InChI is InChI=1S/C13H15BrN2O5/c1-15-11(17)6-16-12(18)7-21-13(19)9-5-8(20-2)3-4-10(9)14/h3-5H,6-7H2,1-2H3,(H,15,17)(H,16,18). The number of halogens is 1. The van der Waals surface area contributed by atoms with Crippen LogP contribution in [0.25, 0.3) is 0 Å². The molecular weight excluding hydrogens is 344 g/mol. The fourth-order valence-corrected chi connectivity index (χ4v) is 1.72. The van der Waals surface area contributed by atoms with Gasteiger partial charge in [0.05, 0.1) is 19.2 Å². The Hall–Kier alpha value is -2.09. The number of carbonyl (C=O) groups excluding carboxylic acids is 3. The van der Waals surface area contributed by atoms with Crippen LogP contribution in [-0.4, -0.2) is 45.1 Å². The van der Waals surface area contributed by atoms with Gasteiger partial charge in [-0.15, -0.1) is 0 Å². The summed E-state index contributed by atoms with van der Waals surface area (Å²) in [6.45, 7) is -0.644. The van der Waals surface area contributed by atoms with Crippen LogP contribution in [0.1, 0.15) is 10.4 Å². The molecule has 1 aromatic rings. The van der Waals surface area contributed by atoms with Crippen molar-refractivity contribution >= 4 is 33.7 Å². The van der Waals surface area contributed by atoms with Crippen LogP contribution in [0.5, 0.6) is 5.75 Å². The zero-order valence-corrected chi connectivity index (χ0v) is 13.2. The molecule has 0 spiro atoms. The van der Waals surface area contributed by atoms with Gasteiger partial charge in [0.25, 0.3) is 5.91 Å². The Morgan fingerprint density at radius 3 is 2.57 bits per heavy atom. The number of ether oxygens (including phenoxy) is 2. The molecule has 114 valence electrons. The third-order valence-electron chi connectivity index (χ3n) is 2.45. The first-order valence-electron chi connectivity index (χ1n) is 5.96. The monoisotopic (exact) mass is 358 g/mol. The van der Waals surface area contributed by atoms with Crippen molar-refractivity contribution in [3.8, 4) is 5.75 Å². The normalized spacial score (nSPS) is 9.67. The van der Waals surface area contributed by atoms with E-state index in [2.05, 4.69) is 26.6 Å². The lowest BCUT2D eigenvalue weighted by Crippen LogP contribution is -2.37. The highest BCUT2D eigenvalue weighted by molar-refractivity contribution is 9.10. The lowest BCUT2D eigenvalue weighted by atomic mass is 10.2. The molecule has 0 aliphatic heterocycles. The fraction of sp³-hybridized carbons (Fsp3) is 0.308. The molecule has 0 heterocycles. The maximum Gasteiger partial charge on any atom is 0.339 e. The minimum Gasteiger partial charge on any atom is -0.497 e. The van der Waals surface area contributed by atoms with Crippen molar-refractivity contribution in [3.05, 3.63) is 28.2 Å². The summed E-state index contributed by atoms with van der Waals surface area (Å²) in [5, 5.41) is 4.66. The number of esters is 1. The Balaban J connectivity index is 2.54. The molecule has 0 aliphatic rings. The Bertz CT molecular complexity index is 547. The summed E-state index contributed by atoms with van der Waals surface area (Å²) in [6, 6.07) is 4.81. The van der Waals surface area contributed by atoms with Crippen molar-refractivity contribution < 1.29 is 23.9 Å². The van der Waals surface area contributed by atoms with Crippen molar-refractivity contribution in [2.45, 2.75) is 0 Å². The maximum atomic E-state index is 11.9. The summed E-state index contributed by atoms with van der Waals surface area (Å²) < 4.78 is 10.4. The minimum atomic E-state index is -0.670. The van der Waals surface area contributed by atoms with Gasteiger partial charge < -0.3 is 20.1 Å². The second-order valence-corrected chi connectivity index (χ2v) is 4.73. The van der Waals surface area contributed by atoms with Gasteiger partial charge in [-0.1, -0.05) is 0 Å². The van der Waals surface area contributed by atoms with Crippen LogP contribution in [0.15, 0.2) is 22.7 Å². The van der Waals surface area contributed by atoms with Crippen LogP contribution >= 0.6 is 15.9 Å². The van der Waals surface area contributed by atoms with Crippen LogP contribution in [-0.2, 0) is 14.3 Å². The molecule has 7 nitrogen and oxygen atoms in total. The van der Waals surface area contributed by atoms with Crippen LogP contribution in [0, 0.1) is 0 Å². The molecule has 0 saturated carbocycles.